The topological polar surface area (TPSA) is 101 Å². The predicted octanol–water partition coefficient (Wildman–Crippen LogP) is 4.17. The predicted molar refractivity (Wildman–Crippen MR) is 116 cm³/mol. The number of carboxylic acid groups (broad SMARTS) is 1. The van der Waals surface area contributed by atoms with Gasteiger partial charge in [0.1, 0.15) is 5.00 Å². The first-order chi connectivity index (χ1) is 14.4. The van der Waals surface area contributed by atoms with Gasteiger partial charge < -0.3 is 14.8 Å². The second-order valence-corrected chi connectivity index (χ2v) is 9.34. The van der Waals surface area contributed by atoms with E-state index in [-0.39, 0.29) is 13.0 Å². The maximum atomic E-state index is 12.3. The van der Waals surface area contributed by atoms with Gasteiger partial charge in [-0.1, -0.05) is 48.0 Å². The molecule has 4 rings (SSSR count). The Morgan fingerprint density at radius 3 is 2.60 bits per heavy atom. The molecule has 0 spiro atoms. The SMILES string of the molecule is O=C(O)C1(N(c2ccc(-c3ccc(Cl)cc3)s2)S(=O)[O-])CC1c1cccc(CO)c1. The van der Waals surface area contributed by atoms with Crippen molar-refractivity contribution in [3.63, 3.8) is 0 Å². The molecule has 2 aromatic carbocycles. The van der Waals surface area contributed by atoms with Crippen molar-refractivity contribution in [1.29, 1.82) is 0 Å². The third kappa shape index (κ3) is 3.66. The summed E-state index contributed by atoms with van der Waals surface area (Å²) in [5.74, 6) is -1.71. The lowest BCUT2D eigenvalue weighted by Gasteiger charge is -2.32. The van der Waals surface area contributed by atoms with Crippen molar-refractivity contribution in [2.75, 3.05) is 4.31 Å². The van der Waals surface area contributed by atoms with E-state index in [1.54, 1.807) is 48.5 Å². The molecule has 156 valence electrons. The van der Waals surface area contributed by atoms with E-state index < -0.39 is 28.7 Å². The fourth-order valence-electron chi connectivity index (χ4n) is 3.71. The van der Waals surface area contributed by atoms with E-state index in [4.69, 9.17) is 11.6 Å². The van der Waals surface area contributed by atoms with Crippen molar-refractivity contribution in [2.45, 2.75) is 24.5 Å². The smallest absolute Gasteiger partial charge is 0.331 e. The molecule has 1 fully saturated rings. The van der Waals surface area contributed by atoms with E-state index in [2.05, 4.69) is 0 Å². The van der Waals surface area contributed by atoms with E-state index in [1.165, 1.54) is 11.3 Å². The van der Waals surface area contributed by atoms with Crippen LogP contribution >= 0.6 is 22.9 Å². The van der Waals surface area contributed by atoms with Crippen LogP contribution in [0.2, 0.25) is 5.02 Å². The zero-order chi connectivity index (χ0) is 21.5. The Balaban J connectivity index is 1.72. The Hall–Kier alpha value is -2.23. The summed E-state index contributed by atoms with van der Waals surface area (Å²) in [5, 5.41) is 20.3. The first-order valence-electron chi connectivity index (χ1n) is 9.05. The molecule has 1 saturated carbocycles. The molecule has 0 amide bonds. The van der Waals surface area contributed by atoms with Gasteiger partial charge in [-0.15, -0.1) is 11.3 Å². The second-order valence-electron chi connectivity index (χ2n) is 7.05. The lowest BCUT2D eigenvalue weighted by Crippen LogP contribution is -2.46. The molecular formula is C21H17ClNO5S2-. The number of nitrogens with zero attached hydrogens (tertiary/aromatic N) is 1. The molecule has 0 saturated heterocycles. The normalized spacial score (nSPS) is 21.2. The highest BCUT2D eigenvalue weighted by atomic mass is 35.5. The fourth-order valence-corrected chi connectivity index (χ4v) is 5.88. The van der Waals surface area contributed by atoms with Gasteiger partial charge in [-0.05, 0) is 47.4 Å². The van der Waals surface area contributed by atoms with E-state index in [9.17, 15) is 23.8 Å². The van der Waals surface area contributed by atoms with E-state index >= 15 is 0 Å². The minimum Gasteiger partial charge on any atom is -0.755 e. The summed E-state index contributed by atoms with van der Waals surface area (Å²) in [6.07, 6.45) is 0.152. The standard InChI is InChI=1S/C21H18ClNO5S2/c22-16-6-4-14(5-7-16)18-8-9-19(29-18)23(30(27)28)21(20(25)26)11-17(21)15-3-1-2-13(10-15)12-24/h1-10,17,24H,11-12H2,(H,25,26)(H,27,28)/p-1. The zero-order valence-electron chi connectivity index (χ0n) is 15.5. The molecule has 30 heavy (non-hydrogen) atoms. The quantitative estimate of drug-likeness (QED) is 0.513. The minimum atomic E-state index is -2.79. The first kappa shape index (κ1) is 21.0. The number of anilines is 1. The van der Waals surface area contributed by atoms with Gasteiger partial charge in [0, 0.05) is 27.1 Å². The Kier molecular flexibility index (Phi) is 5.69. The van der Waals surface area contributed by atoms with Crippen LogP contribution in [0.5, 0.6) is 0 Å². The largest absolute Gasteiger partial charge is 0.755 e. The lowest BCUT2D eigenvalue weighted by atomic mass is 10.0. The molecule has 1 aliphatic rings. The summed E-state index contributed by atoms with van der Waals surface area (Å²) < 4.78 is 25.4. The number of carboxylic acids is 1. The third-order valence-electron chi connectivity index (χ3n) is 5.27. The summed E-state index contributed by atoms with van der Waals surface area (Å²) in [5.41, 5.74) is 0.603. The molecule has 2 N–H and O–H groups in total. The third-order valence-corrected chi connectivity index (χ3v) is 7.58. The molecule has 0 bridgehead atoms. The highest BCUT2D eigenvalue weighted by Gasteiger charge is 2.66. The van der Waals surface area contributed by atoms with Gasteiger partial charge in [0.05, 0.1) is 6.61 Å². The van der Waals surface area contributed by atoms with E-state index in [0.29, 0.717) is 21.2 Å². The van der Waals surface area contributed by atoms with E-state index in [1.807, 2.05) is 12.1 Å². The maximum absolute atomic E-state index is 12.3. The van der Waals surface area contributed by atoms with Crippen molar-refractivity contribution >= 4 is 45.2 Å². The molecule has 3 atom stereocenters. The van der Waals surface area contributed by atoms with Gasteiger partial charge in [0.15, 0.2) is 5.54 Å². The van der Waals surface area contributed by atoms with E-state index in [0.717, 1.165) is 14.7 Å². The fraction of sp³-hybridized carbons (Fsp3) is 0.190. The number of thiophene rings is 1. The van der Waals surface area contributed by atoms with Gasteiger partial charge in [-0.3, -0.25) is 8.51 Å². The average molecular weight is 463 g/mol. The van der Waals surface area contributed by atoms with Gasteiger partial charge in [0.25, 0.3) is 0 Å². The number of aliphatic hydroxyl groups is 1. The minimum absolute atomic E-state index is 0.152. The molecular weight excluding hydrogens is 446 g/mol. The number of hydrogen-bond acceptors (Lipinski definition) is 5. The Labute approximate surface area is 184 Å². The van der Waals surface area contributed by atoms with Crippen molar-refractivity contribution in [3.05, 3.63) is 76.8 Å². The van der Waals surface area contributed by atoms with Crippen LogP contribution in [0.1, 0.15) is 23.5 Å². The second kappa shape index (κ2) is 8.13. The van der Waals surface area contributed by atoms with Crippen LogP contribution in [0.4, 0.5) is 5.00 Å². The van der Waals surface area contributed by atoms with Crippen LogP contribution in [0.3, 0.4) is 0 Å². The average Bonchev–Trinajstić information content (AvgIpc) is 3.30. The summed E-state index contributed by atoms with van der Waals surface area (Å²) in [6.45, 7) is -0.173. The Morgan fingerprint density at radius 1 is 1.23 bits per heavy atom. The molecule has 9 heteroatoms. The van der Waals surface area contributed by atoms with Gasteiger partial charge >= 0.3 is 5.97 Å². The van der Waals surface area contributed by atoms with Crippen molar-refractivity contribution in [2.24, 2.45) is 0 Å². The van der Waals surface area contributed by atoms with Crippen LogP contribution in [-0.4, -0.2) is 30.5 Å². The monoisotopic (exact) mass is 462 g/mol. The Morgan fingerprint density at radius 2 is 1.97 bits per heavy atom. The number of rotatable bonds is 7. The molecule has 1 aromatic heterocycles. The maximum Gasteiger partial charge on any atom is 0.331 e. The van der Waals surface area contributed by atoms with Gasteiger partial charge in [0.2, 0.25) is 0 Å². The van der Waals surface area contributed by atoms with Crippen LogP contribution < -0.4 is 4.31 Å². The molecule has 3 unspecified atom stereocenters. The number of benzene rings is 2. The first-order valence-corrected chi connectivity index (χ1v) is 11.3. The molecule has 3 aromatic rings. The summed E-state index contributed by atoms with van der Waals surface area (Å²) in [6, 6.07) is 17.4. The number of hydrogen-bond donors (Lipinski definition) is 2. The number of halogens is 1. The Bertz CT molecular complexity index is 1120. The van der Waals surface area contributed by atoms with Crippen molar-refractivity contribution in [3.8, 4) is 10.4 Å². The number of aliphatic hydroxyl groups excluding tert-OH is 1. The van der Waals surface area contributed by atoms with Gasteiger partial charge in [-0.25, -0.2) is 4.79 Å². The summed E-state index contributed by atoms with van der Waals surface area (Å²) >= 11 is 4.34. The van der Waals surface area contributed by atoms with Gasteiger partial charge in [-0.2, -0.15) is 0 Å². The lowest BCUT2D eigenvalue weighted by molar-refractivity contribution is -0.139. The number of aliphatic carboxylic acids is 1. The highest BCUT2D eigenvalue weighted by molar-refractivity contribution is 7.81. The molecule has 1 aliphatic carbocycles. The molecule has 1 heterocycles. The van der Waals surface area contributed by atoms with Crippen LogP contribution in [0, 0.1) is 0 Å². The summed E-state index contributed by atoms with van der Waals surface area (Å²) in [4.78, 5) is 13.1. The van der Waals surface area contributed by atoms with Crippen LogP contribution in [0.15, 0.2) is 60.7 Å². The molecule has 0 aliphatic heterocycles. The summed E-state index contributed by atoms with van der Waals surface area (Å²) in [7, 11) is 0. The van der Waals surface area contributed by atoms with Crippen LogP contribution in [0.25, 0.3) is 10.4 Å². The van der Waals surface area contributed by atoms with Crippen molar-refractivity contribution in [1.82, 2.24) is 0 Å². The van der Waals surface area contributed by atoms with Crippen LogP contribution in [-0.2, 0) is 22.7 Å². The molecule has 0 radical (unpaired) electrons. The zero-order valence-corrected chi connectivity index (χ0v) is 17.9. The number of carbonyl (C=O) groups is 1. The van der Waals surface area contributed by atoms with Crippen molar-refractivity contribution < 1.29 is 23.8 Å². The highest BCUT2D eigenvalue weighted by Crippen LogP contribution is 2.58. The molecule has 6 nitrogen and oxygen atoms in total.